The monoisotopic (exact) mass is 401 g/mol. The normalized spacial score (nSPS) is 15.0. The van der Waals surface area contributed by atoms with Crippen LogP contribution >= 0.6 is 0 Å². The summed E-state index contributed by atoms with van der Waals surface area (Å²) in [6, 6.07) is 5.94. The van der Waals surface area contributed by atoms with Gasteiger partial charge in [0.15, 0.2) is 0 Å². The van der Waals surface area contributed by atoms with Gasteiger partial charge in [-0.25, -0.2) is 0 Å². The van der Waals surface area contributed by atoms with Crippen molar-refractivity contribution in [1.29, 1.82) is 0 Å². The Bertz CT molecular complexity index is 749. The van der Waals surface area contributed by atoms with Crippen LogP contribution in [0.3, 0.4) is 0 Å². The lowest BCUT2D eigenvalue weighted by molar-refractivity contribution is -0.137. The quantitative estimate of drug-likeness (QED) is 0.314. The summed E-state index contributed by atoms with van der Waals surface area (Å²) in [7, 11) is 0. The minimum atomic E-state index is -1.09. The molecule has 1 aliphatic carbocycles. The molecular formula is C20H27N5O4. The highest BCUT2D eigenvalue weighted by Crippen LogP contribution is 2.26. The van der Waals surface area contributed by atoms with E-state index in [1.807, 2.05) is 0 Å². The zero-order valence-electron chi connectivity index (χ0n) is 16.3. The highest BCUT2D eigenvalue weighted by molar-refractivity contribution is 5.94. The number of aliphatic carboxylic acids is 1. The second-order valence-electron chi connectivity index (χ2n) is 7.36. The molecular weight excluding hydrogens is 374 g/mol. The van der Waals surface area contributed by atoms with E-state index >= 15 is 0 Å². The van der Waals surface area contributed by atoms with E-state index in [2.05, 4.69) is 20.7 Å². The van der Waals surface area contributed by atoms with Crippen molar-refractivity contribution in [2.45, 2.75) is 57.5 Å². The number of carbonyl (C=O) groups excluding carboxylic acids is 2. The summed E-state index contributed by atoms with van der Waals surface area (Å²) in [5, 5.41) is 17.7. The van der Waals surface area contributed by atoms with Crippen molar-refractivity contribution < 1.29 is 19.5 Å². The number of nitrogens with zero attached hydrogens (tertiary/aromatic N) is 3. The molecule has 9 heteroatoms. The van der Waals surface area contributed by atoms with E-state index in [1.54, 1.807) is 24.3 Å². The van der Waals surface area contributed by atoms with Gasteiger partial charge in [0.05, 0.1) is 6.42 Å². The summed E-state index contributed by atoms with van der Waals surface area (Å²) in [6.07, 6.45) is 6.15. The maximum Gasteiger partial charge on any atom is 0.305 e. The van der Waals surface area contributed by atoms with Crippen LogP contribution in [0.15, 0.2) is 29.4 Å². The molecule has 3 N–H and O–H groups in total. The Morgan fingerprint density at radius 2 is 1.86 bits per heavy atom. The van der Waals surface area contributed by atoms with Crippen LogP contribution in [0.1, 0.15) is 60.9 Å². The predicted octanol–water partition coefficient (Wildman–Crippen LogP) is 3.16. The SMILES string of the molecule is [N-]=[N+]=NC[C@H](CC(=O)O)NC(=O)c1ccc(CNC(=O)CC2CCCCC2)cc1. The Balaban J connectivity index is 1.83. The lowest BCUT2D eigenvalue weighted by Gasteiger charge is -2.20. The molecule has 0 saturated heterocycles. The third-order valence-electron chi connectivity index (χ3n) is 5.03. The van der Waals surface area contributed by atoms with E-state index in [9.17, 15) is 14.4 Å². The van der Waals surface area contributed by atoms with E-state index in [0.29, 0.717) is 24.4 Å². The first-order chi connectivity index (χ1) is 14.0. The fraction of sp³-hybridized carbons (Fsp3) is 0.550. The predicted molar refractivity (Wildman–Crippen MR) is 107 cm³/mol. The van der Waals surface area contributed by atoms with Crippen molar-refractivity contribution in [2.24, 2.45) is 11.0 Å². The molecule has 0 spiro atoms. The third kappa shape index (κ3) is 8.23. The first-order valence-corrected chi connectivity index (χ1v) is 9.87. The second kappa shape index (κ2) is 11.7. The number of nitrogens with one attached hydrogen (secondary N) is 2. The average molecular weight is 401 g/mol. The molecule has 0 radical (unpaired) electrons. The summed E-state index contributed by atoms with van der Waals surface area (Å²) in [5.74, 6) is -1.01. The zero-order valence-corrected chi connectivity index (χ0v) is 16.3. The van der Waals surface area contributed by atoms with Gasteiger partial charge in [-0.2, -0.15) is 0 Å². The number of carboxylic acids is 1. The fourth-order valence-corrected chi connectivity index (χ4v) is 3.48. The molecule has 0 bridgehead atoms. The topological polar surface area (TPSA) is 144 Å². The smallest absolute Gasteiger partial charge is 0.305 e. The van der Waals surface area contributed by atoms with E-state index < -0.39 is 17.9 Å². The van der Waals surface area contributed by atoms with Crippen molar-refractivity contribution in [2.75, 3.05) is 6.54 Å². The summed E-state index contributed by atoms with van der Waals surface area (Å²) in [4.78, 5) is 37.8. The zero-order chi connectivity index (χ0) is 21.1. The highest BCUT2D eigenvalue weighted by Gasteiger charge is 2.18. The molecule has 1 saturated carbocycles. The molecule has 1 aromatic carbocycles. The minimum absolute atomic E-state index is 0.0493. The van der Waals surface area contributed by atoms with Gasteiger partial charge in [-0.05, 0) is 42.0 Å². The van der Waals surface area contributed by atoms with Crippen LogP contribution < -0.4 is 10.6 Å². The van der Waals surface area contributed by atoms with Gasteiger partial charge in [0.25, 0.3) is 5.91 Å². The number of azide groups is 1. The second-order valence-corrected chi connectivity index (χ2v) is 7.36. The molecule has 0 aliphatic heterocycles. The van der Waals surface area contributed by atoms with Crippen molar-refractivity contribution in [3.63, 3.8) is 0 Å². The van der Waals surface area contributed by atoms with Gasteiger partial charge in [-0.3, -0.25) is 14.4 Å². The maximum absolute atomic E-state index is 12.3. The molecule has 1 atom stereocenters. The van der Waals surface area contributed by atoms with Gasteiger partial charge in [-0.1, -0.05) is 36.5 Å². The Morgan fingerprint density at radius 1 is 1.17 bits per heavy atom. The molecule has 1 aromatic rings. The number of carboxylic acid groups (broad SMARTS) is 1. The third-order valence-corrected chi connectivity index (χ3v) is 5.03. The number of hydrogen-bond donors (Lipinski definition) is 3. The average Bonchev–Trinajstić information content (AvgIpc) is 2.71. The van der Waals surface area contributed by atoms with Crippen LogP contribution in [-0.4, -0.2) is 35.5 Å². The van der Waals surface area contributed by atoms with Crippen LogP contribution in [0.2, 0.25) is 0 Å². The van der Waals surface area contributed by atoms with Crippen LogP contribution in [0.5, 0.6) is 0 Å². The molecule has 2 rings (SSSR count). The van der Waals surface area contributed by atoms with E-state index in [1.165, 1.54) is 19.3 Å². The van der Waals surface area contributed by atoms with Gasteiger partial charge in [0, 0.05) is 36.0 Å². The molecule has 156 valence electrons. The first-order valence-electron chi connectivity index (χ1n) is 9.87. The Kier molecular flexibility index (Phi) is 8.98. The molecule has 0 unspecified atom stereocenters. The summed E-state index contributed by atoms with van der Waals surface area (Å²) in [6.45, 7) is 0.256. The maximum atomic E-state index is 12.3. The first kappa shape index (κ1) is 22.2. The Hall–Kier alpha value is -3.06. The van der Waals surface area contributed by atoms with Crippen molar-refractivity contribution in [1.82, 2.24) is 10.6 Å². The fourth-order valence-electron chi connectivity index (χ4n) is 3.48. The van der Waals surface area contributed by atoms with Crippen molar-refractivity contribution >= 4 is 17.8 Å². The van der Waals surface area contributed by atoms with E-state index in [-0.39, 0.29) is 18.9 Å². The summed E-state index contributed by atoms with van der Waals surface area (Å²) in [5.41, 5.74) is 9.61. The Morgan fingerprint density at radius 3 is 2.48 bits per heavy atom. The van der Waals surface area contributed by atoms with Crippen LogP contribution in [0, 0.1) is 5.92 Å². The molecule has 1 fully saturated rings. The van der Waals surface area contributed by atoms with Gasteiger partial charge in [0.2, 0.25) is 5.91 Å². The van der Waals surface area contributed by atoms with Crippen LogP contribution in [-0.2, 0) is 16.1 Å². The molecule has 29 heavy (non-hydrogen) atoms. The molecule has 0 heterocycles. The summed E-state index contributed by atoms with van der Waals surface area (Å²) < 4.78 is 0. The van der Waals surface area contributed by atoms with E-state index in [0.717, 1.165) is 18.4 Å². The number of rotatable bonds is 10. The number of hydrogen-bond acceptors (Lipinski definition) is 4. The largest absolute Gasteiger partial charge is 0.481 e. The number of amides is 2. The van der Waals surface area contributed by atoms with Crippen LogP contribution in [0.4, 0.5) is 0 Å². The molecule has 1 aliphatic rings. The molecule has 9 nitrogen and oxygen atoms in total. The molecule has 2 amide bonds. The van der Waals surface area contributed by atoms with Crippen LogP contribution in [0.25, 0.3) is 10.4 Å². The van der Waals surface area contributed by atoms with Gasteiger partial charge < -0.3 is 15.7 Å². The molecule has 0 aromatic heterocycles. The standard InChI is InChI=1S/C20H27N5O4/c21-25-23-13-17(11-19(27)28)24-20(29)16-8-6-15(7-9-16)12-22-18(26)10-14-4-2-1-3-5-14/h6-9,14,17H,1-5,10-13H2,(H,22,26)(H,24,29)(H,27,28)/t17-/m0/s1. The van der Waals surface area contributed by atoms with Gasteiger partial charge in [-0.15, -0.1) is 0 Å². The number of carbonyl (C=O) groups is 3. The minimum Gasteiger partial charge on any atom is -0.481 e. The Labute approximate surface area is 169 Å². The number of benzene rings is 1. The van der Waals surface area contributed by atoms with Gasteiger partial charge >= 0.3 is 5.97 Å². The van der Waals surface area contributed by atoms with E-state index in [4.69, 9.17) is 10.6 Å². The lowest BCUT2D eigenvalue weighted by atomic mass is 9.87. The van der Waals surface area contributed by atoms with Crippen molar-refractivity contribution in [3.8, 4) is 0 Å². The highest BCUT2D eigenvalue weighted by atomic mass is 16.4. The van der Waals surface area contributed by atoms with Gasteiger partial charge in [0.1, 0.15) is 0 Å². The lowest BCUT2D eigenvalue weighted by Crippen LogP contribution is -2.38. The summed E-state index contributed by atoms with van der Waals surface area (Å²) >= 11 is 0. The van der Waals surface area contributed by atoms with Crippen molar-refractivity contribution in [3.05, 3.63) is 45.8 Å².